The molecule has 1 fully saturated rings. The molecule has 28 heavy (non-hydrogen) atoms. The predicted molar refractivity (Wildman–Crippen MR) is 108 cm³/mol. The van der Waals surface area contributed by atoms with Crippen molar-refractivity contribution in [1.82, 2.24) is 24.4 Å². The second kappa shape index (κ2) is 8.51. The van der Waals surface area contributed by atoms with E-state index in [4.69, 9.17) is 0 Å². The largest absolute Gasteiger partial charge is 0.370 e. The van der Waals surface area contributed by atoms with E-state index in [-0.39, 0.29) is 5.91 Å². The van der Waals surface area contributed by atoms with Gasteiger partial charge in [0, 0.05) is 56.0 Å². The summed E-state index contributed by atoms with van der Waals surface area (Å²) in [5.41, 5.74) is 1.95. The molecule has 1 aliphatic rings. The van der Waals surface area contributed by atoms with E-state index < -0.39 is 0 Å². The van der Waals surface area contributed by atoms with Gasteiger partial charge in [-0.25, -0.2) is 9.97 Å². The van der Waals surface area contributed by atoms with E-state index >= 15 is 0 Å². The van der Waals surface area contributed by atoms with E-state index in [1.165, 1.54) is 0 Å². The fourth-order valence-corrected chi connectivity index (χ4v) is 3.20. The van der Waals surface area contributed by atoms with Crippen LogP contribution in [0.1, 0.15) is 19.3 Å². The molecular weight excluding hydrogens is 354 g/mol. The van der Waals surface area contributed by atoms with Gasteiger partial charge in [-0.2, -0.15) is 4.98 Å². The standard InChI is InChI=1S/C20H23N7O/c28-19-3-1-12-26(19)13-2-9-22-18-8-10-23-20(25-18)24-16-4-6-17(7-5-16)27-14-11-21-15-27/h4-8,10-11,14-15H,1-3,9,12-13H2,(H2,22,23,24,25). The third-order valence-corrected chi connectivity index (χ3v) is 4.66. The summed E-state index contributed by atoms with van der Waals surface area (Å²) in [5.74, 6) is 1.57. The van der Waals surface area contributed by atoms with Crippen molar-refractivity contribution in [3.05, 3.63) is 55.2 Å². The predicted octanol–water partition coefficient (Wildman–Crippen LogP) is 2.83. The molecule has 0 aliphatic carbocycles. The van der Waals surface area contributed by atoms with Crippen LogP contribution in [0.2, 0.25) is 0 Å². The zero-order chi connectivity index (χ0) is 19.2. The van der Waals surface area contributed by atoms with Crippen LogP contribution in [0.5, 0.6) is 0 Å². The van der Waals surface area contributed by atoms with Gasteiger partial charge >= 0.3 is 0 Å². The van der Waals surface area contributed by atoms with Crippen LogP contribution in [0.4, 0.5) is 17.5 Å². The van der Waals surface area contributed by atoms with E-state index in [9.17, 15) is 4.79 Å². The first kappa shape index (κ1) is 18.0. The first-order valence-electron chi connectivity index (χ1n) is 9.48. The van der Waals surface area contributed by atoms with E-state index in [0.29, 0.717) is 12.4 Å². The lowest BCUT2D eigenvalue weighted by atomic mass is 10.3. The summed E-state index contributed by atoms with van der Waals surface area (Å²) in [6.07, 6.45) is 9.71. The van der Waals surface area contributed by atoms with Crippen LogP contribution in [-0.2, 0) is 4.79 Å². The lowest BCUT2D eigenvalue weighted by Crippen LogP contribution is -2.27. The number of amides is 1. The van der Waals surface area contributed by atoms with Crippen LogP contribution >= 0.6 is 0 Å². The van der Waals surface area contributed by atoms with Gasteiger partial charge in [0.15, 0.2) is 0 Å². The van der Waals surface area contributed by atoms with Crippen LogP contribution in [0.15, 0.2) is 55.2 Å². The first-order valence-corrected chi connectivity index (χ1v) is 9.48. The van der Waals surface area contributed by atoms with Gasteiger partial charge in [0.25, 0.3) is 0 Å². The van der Waals surface area contributed by atoms with Crippen LogP contribution < -0.4 is 10.6 Å². The van der Waals surface area contributed by atoms with Gasteiger partial charge in [-0.05, 0) is 43.2 Å². The van der Waals surface area contributed by atoms with Crippen molar-refractivity contribution in [2.24, 2.45) is 0 Å². The molecule has 0 unspecified atom stereocenters. The van der Waals surface area contributed by atoms with Gasteiger partial charge in [-0.3, -0.25) is 4.79 Å². The Morgan fingerprint density at radius 1 is 1.11 bits per heavy atom. The Kier molecular flexibility index (Phi) is 5.46. The Morgan fingerprint density at radius 3 is 2.75 bits per heavy atom. The Bertz CT molecular complexity index is 909. The van der Waals surface area contributed by atoms with Crippen molar-refractivity contribution in [3.63, 3.8) is 0 Å². The molecule has 144 valence electrons. The molecule has 8 heteroatoms. The van der Waals surface area contributed by atoms with Gasteiger partial charge in [0.2, 0.25) is 11.9 Å². The maximum atomic E-state index is 11.6. The first-order chi connectivity index (χ1) is 13.8. The number of imidazole rings is 1. The maximum absolute atomic E-state index is 11.6. The van der Waals surface area contributed by atoms with Crippen molar-refractivity contribution < 1.29 is 4.79 Å². The number of likely N-dealkylation sites (tertiary alicyclic amines) is 1. The van der Waals surface area contributed by atoms with Gasteiger partial charge in [0.1, 0.15) is 5.82 Å². The number of nitrogens with zero attached hydrogens (tertiary/aromatic N) is 5. The number of carbonyl (C=O) groups excluding carboxylic acids is 1. The SMILES string of the molecule is O=C1CCCN1CCCNc1ccnc(Nc2ccc(-n3ccnc3)cc2)n1. The molecule has 1 aliphatic heterocycles. The van der Waals surface area contributed by atoms with Gasteiger partial charge in [0.05, 0.1) is 6.33 Å². The molecule has 3 aromatic rings. The van der Waals surface area contributed by atoms with Gasteiger partial charge in [-0.1, -0.05) is 0 Å². The minimum Gasteiger partial charge on any atom is -0.370 e. The molecule has 1 saturated heterocycles. The second-order valence-corrected chi connectivity index (χ2v) is 6.67. The number of aromatic nitrogens is 4. The van der Waals surface area contributed by atoms with Crippen LogP contribution in [0.3, 0.4) is 0 Å². The van der Waals surface area contributed by atoms with Crippen molar-refractivity contribution in [2.45, 2.75) is 19.3 Å². The van der Waals surface area contributed by atoms with Crippen molar-refractivity contribution >= 4 is 23.4 Å². The molecule has 4 rings (SSSR count). The quantitative estimate of drug-likeness (QED) is 0.587. The molecule has 0 atom stereocenters. The lowest BCUT2D eigenvalue weighted by molar-refractivity contribution is -0.127. The summed E-state index contributed by atoms with van der Waals surface area (Å²) in [6, 6.07) is 9.81. The number of rotatable bonds is 8. The summed E-state index contributed by atoms with van der Waals surface area (Å²) in [7, 11) is 0. The van der Waals surface area contributed by atoms with Gasteiger partial charge < -0.3 is 20.1 Å². The van der Waals surface area contributed by atoms with Crippen molar-refractivity contribution in [3.8, 4) is 5.69 Å². The molecule has 0 spiro atoms. The topological polar surface area (TPSA) is 88.0 Å². The zero-order valence-electron chi connectivity index (χ0n) is 15.6. The number of nitrogens with one attached hydrogen (secondary N) is 2. The molecule has 2 aromatic heterocycles. The summed E-state index contributed by atoms with van der Waals surface area (Å²) < 4.78 is 1.94. The fraction of sp³-hybridized carbons (Fsp3) is 0.300. The van der Waals surface area contributed by atoms with Gasteiger partial charge in [-0.15, -0.1) is 0 Å². The maximum Gasteiger partial charge on any atom is 0.229 e. The zero-order valence-corrected chi connectivity index (χ0v) is 15.6. The van der Waals surface area contributed by atoms with E-state index in [2.05, 4.69) is 25.6 Å². The average Bonchev–Trinajstić information content (AvgIpc) is 3.38. The molecule has 1 amide bonds. The highest BCUT2D eigenvalue weighted by molar-refractivity contribution is 5.78. The number of anilines is 3. The number of benzene rings is 1. The highest BCUT2D eigenvalue weighted by Crippen LogP contribution is 2.17. The highest BCUT2D eigenvalue weighted by Gasteiger charge is 2.18. The molecule has 8 nitrogen and oxygen atoms in total. The molecule has 2 N–H and O–H groups in total. The van der Waals surface area contributed by atoms with E-state index in [1.54, 1.807) is 18.7 Å². The van der Waals surface area contributed by atoms with Crippen molar-refractivity contribution in [2.75, 3.05) is 30.3 Å². The molecular formula is C20H23N7O. The van der Waals surface area contributed by atoms with Crippen LogP contribution in [0.25, 0.3) is 5.69 Å². The van der Waals surface area contributed by atoms with E-state index in [0.717, 1.165) is 49.7 Å². The summed E-state index contributed by atoms with van der Waals surface area (Å²) in [6.45, 7) is 2.45. The average molecular weight is 377 g/mol. The summed E-state index contributed by atoms with van der Waals surface area (Å²) >= 11 is 0. The number of hydrogen-bond acceptors (Lipinski definition) is 6. The highest BCUT2D eigenvalue weighted by atomic mass is 16.2. The third kappa shape index (κ3) is 4.46. The Hall–Kier alpha value is -3.42. The van der Waals surface area contributed by atoms with Crippen molar-refractivity contribution in [1.29, 1.82) is 0 Å². The Labute approximate surface area is 163 Å². The molecule has 0 saturated carbocycles. The normalized spacial score (nSPS) is 13.7. The Balaban J connectivity index is 1.29. The number of hydrogen-bond donors (Lipinski definition) is 2. The molecule has 1 aromatic carbocycles. The molecule has 3 heterocycles. The van der Waals surface area contributed by atoms with Crippen LogP contribution in [0, 0.1) is 0 Å². The molecule has 0 radical (unpaired) electrons. The summed E-state index contributed by atoms with van der Waals surface area (Å²) in [4.78, 5) is 26.4. The minimum absolute atomic E-state index is 0.271. The van der Waals surface area contributed by atoms with Crippen LogP contribution in [-0.4, -0.2) is 50.0 Å². The second-order valence-electron chi connectivity index (χ2n) is 6.67. The fourth-order valence-electron chi connectivity index (χ4n) is 3.20. The molecule has 0 bridgehead atoms. The smallest absolute Gasteiger partial charge is 0.229 e. The monoisotopic (exact) mass is 377 g/mol. The Morgan fingerprint density at radius 2 is 2.00 bits per heavy atom. The number of carbonyl (C=O) groups is 1. The minimum atomic E-state index is 0.271. The third-order valence-electron chi connectivity index (χ3n) is 4.66. The van der Waals surface area contributed by atoms with E-state index in [1.807, 2.05) is 46.0 Å². The lowest BCUT2D eigenvalue weighted by Gasteiger charge is -2.15. The summed E-state index contributed by atoms with van der Waals surface area (Å²) in [5, 5.41) is 6.52.